The molecule has 1 nitrogen and oxygen atoms in total. The van der Waals surface area contributed by atoms with Crippen molar-refractivity contribution < 1.29 is 9.50 Å². The van der Waals surface area contributed by atoms with Crippen LogP contribution in [-0.2, 0) is 0 Å². The predicted molar refractivity (Wildman–Crippen MR) is 76.0 cm³/mol. The normalized spacial score (nSPS) is 12.7. The second kappa shape index (κ2) is 5.72. The van der Waals surface area contributed by atoms with Crippen molar-refractivity contribution in [2.75, 3.05) is 0 Å². The van der Waals surface area contributed by atoms with Gasteiger partial charge in [-0.3, -0.25) is 0 Å². The van der Waals surface area contributed by atoms with E-state index in [-0.39, 0.29) is 5.56 Å². The van der Waals surface area contributed by atoms with Crippen LogP contribution in [0.1, 0.15) is 42.6 Å². The van der Waals surface area contributed by atoms with E-state index < -0.39 is 11.9 Å². The van der Waals surface area contributed by atoms with Crippen LogP contribution in [-0.4, -0.2) is 5.11 Å². The molecule has 2 rings (SSSR count). The Bertz CT molecular complexity index is 563. The highest BCUT2D eigenvalue weighted by Crippen LogP contribution is 2.27. The molecule has 0 aromatic heterocycles. The third-order valence-corrected chi connectivity index (χ3v) is 3.41. The van der Waals surface area contributed by atoms with Crippen LogP contribution < -0.4 is 0 Å². The molecule has 0 saturated carbocycles. The lowest BCUT2D eigenvalue weighted by Gasteiger charge is -2.14. The minimum absolute atomic E-state index is 0.199. The van der Waals surface area contributed by atoms with Crippen LogP contribution >= 0.6 is 11.6 Å². The minimum atomic E-state index is -1.00. The molecule has 0 fully saturated rings. The Morgan fingerprint density at radius 3 is 2.16 bits per heavy atom. The van der Waals surface area contributed by atoms with Gasteiger partial charge >= 0.3 is 0 Å². The van der Waals surface area contributed by atoms with Gasteiger partial charge < -0.3 is 5.11 Å². The van der Waals surface area contributed by atoms with Gasteiger partial charge in [-0.25, -0.2) is 4.39 Å². The van der Waals surface area contributed by atoms with E-state index in [1.807, 2.05) is 24.3 Å². The fourth-order valence-corrected chi connectivity index (χ4v) is 2.15. The van der Waals surface area contributed by atoms with Gasteiger partial charge in [0.15, 0.2) is 0 Å². The first-order valence-electron chi connectivity index (χ1n) is 6.22. The summed E-state index contributed by atoms with van der Waals surface area (Å²) in [4.78, 5) is 0. The molecule has 0 aliphatic rings. The van der Waals surface area contributed by atoms with Crippen molar-refractivity contribution in [1.82, 2.24) is 0 Å². The van der Waals surface area contributed by atoms with Crippen molar-refractivity contribution in [3.8, 4) is 0 Å². The quantitative estimate of drug-likeness (QED) is 0.864. The predicted octanol–water partition coefficient (Wildman–Crippen LogP) is 4.68. The third-order valence-electron chi connectivity index (χ3n) is 3.17. The highest BCUT2D eigenvalue weighted by Gasteiger charge is 2.15. The number of aliphatic hydroxyl groups excluding tert-OH is 1. The Morgan fingerprint density at radius 2 is 1.58 bits per heavy atom. The van der Waals surface area contributed by atoms with Gasteiger partial charge in [-0.05, 0) is 35.2 Å². The van der Waals surface area contributed by atoms with E-state index in [1.165, 1.54) is 23.8 Å². The summed E-state index contributed by atoms with van der Waals surface area (Å²) >= 11 is 5.84. The number of rotatable bonds is 3. The molecule has 1 N–H and O–H groups in total. The zero-order chi connectivity index (χ0) is 14.0. The summed E-state index contributed by atoms with van der Waals surface area (Å²) in [7, 11) is 0. The average molecular weight is 279 g/mol. The van der Waals surface area contributed by atoms with Crippen LogP contribution in [0.25, 0.3) is 0 Å². The Morgan fingerprint density at radius 1 is 1.00 bits per heavy atom. The van der Waals surface area contributed by atoms with Crippen molar-refractivity contribution >= 4 is 11.6 Å². The van der Waals surface area contributed by atoms with Crippen LogP contribution in [0, 0.1) is 5.82 Å². The third kappa shape index (κ3) is 3.14. The standard InChI is InChI=1S/C16H16ClFO/c1-10(2)11-3-5-12(6-4-11)16(19)14-9-13(17)7-8-15(14)18/h3-10,16,19H,1-2H3. The Balaban J connectivity index is 2.33. The minimum Gasteiger partial charge on any atom is -0.384 e. The molecule has 3 heteroatoms. The monoisotopic (exact) mass is 278 g/mol. The lowest BCUT2D eigenvalue weighted by Crippen LogP contribution is -2.03. The van der Waals surface area contributed by atoms with Crippen LogP contribution in [0.2, 0.25) is 5.02 Å². The SMILES string of the molecule is CC(C)c1ccc(C(O)c2cc(Cl)ccc2F)cc1. The second-order valence-electron chi connectivity index (χ2n) is 4.89. The maximum Gasteiger partial charge on any atom is 0.129 e. The zero-order valence-corrected chi connectivity index (χ0v) is 11.7. The lowest BCUT2D eigenvalue weighted by molar-refractivity contribution is 0.215. The maximum atomic E-state index is 13.7. The van der Waals surface area contributed by atoms with Gasteiger partial charge in [-0.1, -0.05) is 49.7 Å². The van der Waals surface area contributed by atoms with Gasteiger partial charge in [-0.15, -0.1) is 0 Å². The summed E-state index contributed by atoms with van der Waals surface area (Å²) in [6.45, 7) is 4.20. The number of hydrogen-bond acceptors (Lipinski definition) is 1. The van der Waals surface area contributed by atoms with E-state index >= 15 is 0 Å². The number of aliphatic hydroxyl groups is 1. The van der Waals surface area contributed by atoms with Gasteiger partial charge in [0.25, 0.3) is 0 Å². The average Bonchev–Trinajstić information content (AvgIpc) is 2.41. The molecule has 0 radical (unpaired) electrons. The van der Waals surface area contributed by atoms with E-state index in [1.54, 1.807) is 0 Å². The molecular weight excluding hydrogens is 263 g/mol. The zero-order valence-electron chi connectivity index (χ0n) is 10.9. The Labute approximate surface area is 117 Å². The van der Waals surface area contributed by atoms with E-state index in [2.05, 4.69) is 13.8 Å². The largest absolute Gasteiger partial charge is 0.384 e. The van der Waals surface area contributed by atoms with Crippen LogP contribution in [0.4, 0.5) is 4.39 Å². The van der Waals surface area contributed by atoms with E-state index in [9.17, 15) is 9.50 Å². The van der Waals surface area contributed by atoms with Gasteiger partial charge in [0, 0.05) is 10.6 Å². The molecule has 2 aromatic carbocycles. The van der Waals surface area contributed by atoms with Crippen molar-refractivity contribution in [2.24, 2.45) is 0 Å². The van der Waals surface area contributed by atoms with Crippen molar-refractivity contribution in [3.05, 3.63) is 70.0 Å². The van der Waals surface area contributed by atoms with Crippen molar-refractivity contribution in [3.63, 3.8) is 0 Å². The number of benzene rings is 2. The molecule has 100 valence electrons. The smallest absolute Gasteiger partial charge is 0.129 e. The molecule has 2 aromatic rings. The highest BCUT2D eigenvalue weighted by atomic mass is 35.5. The summed E-state index contributed by atoms with van der Waals surface area (Å²) in [6, 6.07) is 11.7. The molecule has 0 heterocycles. The van der Waals surface area contributed by atoms with Crippen LogP contribution in [0.3, 0.4) is 0 Å². The topological polar surface area (TPSA) is 20.2 Å². The lowest BCUT2D eigenvalue weighted by atomic mass is 9.97. The van der Waals surface area contributed by atoms with Gasteiger partial charge in [0.05, 0.1) is 0 Å². The molecule has 0 amide bonds. The van der Waals surface area contributed by atoms with Crippen LogP contribution in [0.5, 0.6) is 0 Å². The summed E-state index contributed by atoms with van der Waals surface area (Å²) < 4.78 is 13.7. The van der Waals surface area contributed by atoms with Gasteiger partial charge in [-0.2, -0.15) is 0 Å². The summed E-state index contributed by atoms with van der Waals surface area (Å²) in [5.74, 6) is -0.0288. The van der Waals surface area contributed by atoms with Crippen molar-refractivity contribution in [2.45, 2.75) is 25.9 Å². The summed E-state index contributed by atoms with van der Waals surface area (Å²) in [6.07, 6.45) is -1.00. The molecule has 0 bridgehead atoms. The highest BCUT2D eigenvalue weighted by molar-refractivity contribution is 6.30. The number of halogens is 2. The number of hydrogen-bond donors (Lipinski definition) is 1. The fourth-order valence-electron chi connectivity index (χ4n) is 1.97. The summed E-state index contributed by atoms with van der Waals surface area (Å²) in [5, 5.41) is 10.6. The van der Waals surface area contributed by atoms with E-state index in [4.69, 9.17) is 11.6 Å². The molecular formula is C16H16ClFO. The second-order valence-corrected chi connectivity index (χ2v) is 5.33. The fraction of sp³-hybridized carbons (Fsp3) is 0.250. The molecule has 1 unspecified atom stereocenters. The molecule has 1 atom stereocenters. The molecule has 19 heavy (non-hydrogen) atoms. The van der Waals surface area contributed by atoms with Crippen LogP contribution in [0.15, 0.2) is 42.5 Å². The summed E-state index contributed by atoms with van der Waals surface area (Å²) in [5.41, 5.74) is 2.04. The van der Waals surface area contributed by atoms with Gasteiger partial charge in [0.2, 0.25) is 0 Å². The Hall–Kier alpha value is -1.38. The molecule has 0 spiro atoms. The van der Waals surface area contributed by atoms with E-state index in [0.29, 0.717) is 16.5 Å². The first kappa shape index (κ1) is 14.0. The molecule has 0 aliphatic heterocycles. The molecule has 0 aliphatic carbocycles. The molecule has 0 saturated heterocycles. The first-order valence-corrected chi connectivity index (χ1v) is 6.59. The van der Waals surface area contributed by atoms with Gasteiger partial charge in [0.1, 0.15) is 11.9 Å². The Kier molecular flexibility index (Phi) is 4.23. The van der Waals surface area contributed by atoms with E-state index in [0.717, 1.165) is 0 Å². The first-order chi connectivity index (χ1) is 8.99. The van der Waals surface area contributed by atoms with Crippen molar-refractivity contribution in [1.29, 1.82) is 0 Å². The maximum absolute atomic E-state index is 13.7.